The van der Waals surface area contributed by atoms with Crippen LogP contribution in [0, 0.1) is 0 Å². The lowest BCUT2D eigenvalue weighted by Crippen LogP contribution is -2.51. The first kappa shape index (κ1) is 25.7. The summed E-state index contributed by atoms with van der Waals surface area (Å²) in [5.41, 5.74) is 0.345. The van der Waals surface area contributed by atoms with Gasteiger partial charge in [0.15, 0.2) is 5.69 Å². The zero-order valence-corrected chi connectivity index (χ0v) is 19.4. The van der Waals surface area contributed by atoms with Crippen LogP contribution in [0.25, 0.3) is 10.3 Å². The molecule has 2 bridgehead atoms. The molecule has 2 aliphatic heterocycles. The number of anilines is 2. The summed E-state index contributed by atoms with van der Waals surface area (Å²) >= 11 is 1.30. The van der Waals surface area contributed by atoms with Crippen LogP contribution >= 0.6 is 11.3 Å². The predicted molar refractivity (Wildman–Crippen MR) is 119 cm³/mol. The quantitative estimate of drug-likeness (QED) is 0.437. The van der Waals surface area contributed by atoms with Gasteiger partial charge in [0.25, 0.3) is 12.3 Å². The van der Waals surface area contributed by atoms with E-state index in [1.54, 1.807) is 11.6 Å². The molecule has 16 heteroatoms. The summed E-state index contributed by atoms with van der Waals surface area (Å²) in [5.74, 6) is -2.52. The van der Waals surface area contributed by atoms with E-state index in [2.05, 4.69) is 25.6 Å². The SMILES string of the molecule is Cn1cc(NC(=O)c2csc3ncc(N4CC5CCC(C4)N5)nc23)c(C(F)F)n1.O=C(O)C(F)(F)F. The van der Waals surface area contributed by atoms with Crippen LogP contribution in [0.1, 0.15) is 35.3 Å². The minimum absolute atomic E-state index is 0.00496. The number of carbonyl (C=O) groups is 2. The van der Waals surface area contributed by atoms with Crippen molar-refractivity contribution >= 4 is 45.1 Å². The number of hydrogen-bond acceptors (Lipinski definition) is 8. The number of carboxylic acids is 1. The first-order valence-corrected chi connectivity index (χ1v) is 11.5. The average molecular weight is 533 g/mol. The van der Waals surface area contributed by atoms with Crippen molar-refractivity contribution in [2.24, 2.45) is 7.05 Å². The summed E-state index contributed by atoms with van der Waals surface area (Å²) < 4.78 is 59.3. The van der Waals surface area contributed by atoms with Gasteiger partial charge in [-0.1, -0.05) is 0 Å². The minimum atomic E-state index is -5.08. The van der Waals surface area contributed by atoms with Crippen molar-refractivity contribution in [3.05, 3.63) is 29.0 Å². The van der Waals surface area contributed by atoms with E-state index < -0.39 is 30.2 Å². The Morgan fingerprint density at radius 1 is 1.25 bits per heavy atom. The van der Waals surface area contributed by atoms with Crippen molar-refractivity contribution in [2.75, 3.05) is 23.3 Å². The molecule has 3 N–H and O–H groups in total. The third-order valence-electron chi connectivity index (χ3n) is 5.61. The molecule has 2 unspecified atom stereocenters. The van der Waals surface area contributed by atoms with Gasteiger partial charge in [-0.05, 0) is 12.8 Å². The van der Waals surface area contributed by atoms with E-state index >= 15 is 0 Å². The Kier molecular flexibility index (Phi) is 7.08. The van der Waals surface area contributed by atoms with Crippen LogP contribution in [0.3, 0.4) is 0 Å². The summed E-state index contributed by atoms with van der Waals surface area (Å²) in [4.78, 5) is 33.7. The molecule has 0 spiro atoms. The first-order valence-electron chi connectivity index (χ1n) is 10.6. The fourth-order valence-corrected chi connectivity index (χ4v) is 4.88. The fourth-order valence-electron chi connectivity index (χ4n) is 4.05. The zero-order chi connectivity index (χ0) is 26.2. The van der Waals surface area contributed by atoms with E-state index in [1.165, 1.54) is 29.3 Å². The molecule has 2 fully saturated rings. The zero-order valence-electron chi connectivity index (χ0n) is 18.6. The van der Waals surface area contributed by atoms with Gasteiger partial charge in [0.2, 0.25) is 0 Å². The normalized spacial score (nSPS) is 19.4. The number of carbonyl (C=O) groups excluding carboxylic acids is 1. The lowest BCUT2D eigenvalue weighted by atomic mass is 10.2. The summed E-state index contributed by atoms with van der Waals surface area (Å²) in [6, 6.07) is 0.907. The minimum Gasteiger partial charge on any atom is -0.475 e. The number of aliphatic carboxylic acids is 1. The van der Waals surface area contributed by atoms with Crippen LogP contribution in [0.4, 0.5) is 33.5 Å². The maximum Gasteiger partial charge on any atom is 0.490 e. The van der Waals surface area contributed by atoms with Gasteiger partial charge < -0.3 is 20.6 Å². The second kappa shape index (κ2) is 9.93. The van der Waals surface area contributed by atoms with Gasteiger partial charge in [-0.15, -0.1) is 11.3 Å². The third-order valence-corrected chi connectivity index (χ3v) is 6.49. The topological polar surface area (TPSA) is 125 Å². The summed E-state index contributed by atoms with van der Waals surface area (Å²) in [7, 11) is 1.53. The Hall–Kier alpha value is -3.40. The number of aryl methyl sites for hydroxylation is 1. The Morgan fingerprint density at radius 2 is 1.89 bits per heavy atom. The molecule has 0 aliphatic carbocycles. The monoisotopic (exact) mass is 533 g/mol. The van der Waals surface area contributed by atoms with E-state index in [-0.39, 0.29) is 5.69 Å². The molecule has 2 saturated heterocycles. The smallest absolute Gasteiger partial charge is 0.475 e. The Balaban J connectivity index is 0.000000384. The van der Waals surface area contributed by atoms with Gasteiger partial charge in [-0.3, -0.25) is 9.48 Å². The van der Waals surface area contributed by atoms with Gasteiger partial charge >= 0.3 is 12.1 Å². The highest BCUT2D eigenvalue weighted by atomic mass is 32.1. The van der Waals surface area contributed by atoms with Gasteiger partial charge in [-0.2, -0.15) is 18.3 Å². The second-order valence-electron chi connectivity index (χ2n) is 8.23. The predicted octanol–water partition coefficient (Wildman–Crippen LogP) is 3.19. The van der Waals surface area contributed by atoms with Crippen LogP contribution < -0.4 is 15.5 Å². The van der Waals surface area contributed by atoms with Crippen molar-refractivity contribution < 1.29 is 36.6 Å². The van der Waals surface area contributed by atoms with Gasteiger partial charge in [0.05, 0.1) is 17.4 Å². The van der Waals surface area contributed by atoms with Gasteiger partial charge in [-0.25, -0.2) is 23.5 Å². The highest BCUT2D eigenvalue weighted by Gasteiger charge is 2.38. The molecule has 0 aromatic carbocycles. The molecule has 10 nitrogen and oxygen atoms in total. The highest BCUT2D eigenvalue weighted by Crippen LogP contribution is 2.30. The molecule has 2 aliphatic rings. The number of nitrogens with one attached hydrogen (secondary N) is 2. The van der Waals surface area contributed by atoms with Crippen molar-refractivity contribution in [1.82, 2.24) is 25.1 Å². The Morgan fingerprint density at radius 3 is 2.47 bits per heavy atom. The standard InChI is InChI=1S/C18H19F2N7OS.C2HF3O2/c1-26-7-12(15(25-26)16(19)20)23-17(28)11-8-29-18-14(11)24-13(4-21-18)27-5-9-2-3-10(6-27)22-9;3-2(4,5)1(6)7/h4,7-10,16,22H,2-3,5-6H2,1H3,(H,23,28);(H,6,7). The number of thiophene rings is 1. The van der Waals surface area contributed by atoms with Crippen LogP contribution in [0.2, 0.25) is 0 Å². The molecule has 3 aromatic heterocycles. The number of rotatable bonds is 4. The number of carboxylic acid groups (broad SMARTS) is 1. The summed E-state index contributed by atoms with van der Waals surface area (Å²) in [5, 5.41) is 18.6. The van der Waals surface area contributed by atoms with Crippen molar-refractivity contribution in [2.45, 2.75) is 37.5 Å². The number of halogens is 5. The van der Waals surface area contributed by atoms with Gasteiger partial charge in [0.1, 0.15) is 16.2 Å². The second-order valence-corrected chi connectivity index (χ2v) is 9.09. The molecule has 3 aromatic rings. The number of aromatic nitrogens is 4. The van der Waals surface area contributed by atoms with E-state index in [9.17, 15) is 26.7 Å². The fraction of sp³-hybridized carbons (Fsp3) is 0.450. The van der Waals surface area contributed by atoms with Crippen LogP contribution in [-0.2, 0) is 11.8 Å². The number of amides is 1. The van der Waals surface area contributed by atoms with E-state index in [0.29, 0.717) is 28.0 Å². The maximum atomic E-state index is 13.2. The summed E-state index contributed by atoms with van der Waals surface area (Å²) in [6.07, 6.45) is -2.45. The molecule has 36 heavy (non-hydrogen) atoms. The molecule has 1 amide bonds. The van der Waals surface area contributed by atoms with Crippen LogP contribution in [-0.4, -0.2) is 68.1 Å². The average Bonchev–Trinajstić information content (AvgIpc) is 3.49. The largest absolute Gasteiger partial charge is 0.490 e. The molecule has 5 rings (SSSR count). The van der Waals surface area contributed by atoms with Crippen molar-refractivity contribution in [3.8, 4) is 0 Å². The number of fused-ring (bicyclic) bond motifs is 3. The first-order chi connectivity index (χ1) is 16.9. The Labute approximate surface area is 204 Å². The molecule has 194 valence electrons. The number of nitrogens with zero attached hydrogens (tertiary/aromatic N) is 5. The molecule has 0 saturated carbocycles. The lowest BCUT2D eigenvalue weighted by molar-refractivity contribution is -0.192. The van der Waals surface area contributed by atoms with E-state index in [0.717, 1.165) is 31.7 Å². The molecule has 0 radical (unpaired) electrons. The Bertz CT molecular complexity index is 1270. The van der Waals surface area contributed by atoms with Crippen molar-refractivity contribution in [1.29, 1.82) is 0 Å². The highest BCUT2D eigenvalue weighted by molar-refractivity contribution is 7.17. The maximum absolute atomic E-state index is 13.2. The molecule has 5 heterocycles. The number of alkyl halides is 5. The lowest BCUT2D eigenvalue weighted by Gasteiger charge is -2.33. The molecular weight excluding hydrogens is 513 g/mol. The van der Waals surface area contributed by atoms with Crippen LogP contribution in [0.15, 0.2) is 17.8 Å². The molecule has 2 atom stereocenters. The number of hydrogen-bond donors (Lipinski definition) is 3. The summed E-state index contributed by atoms with van der Waals surface area (Å²) in [6.45, 7) is 1.71. The molecular formula is C20H20F5N7O3S. The van der Waals surface area contributed by atoms with Crippen molar-refractivity contribution in [3.63, 3.8) is 0 Å². The van der Waals surface area contributed by atoms with E-state index in [1.807, 2.05) is 0 Å². The number of piperazine rings is 1. The third kappa shape index (κ3) is 5.53. The van der Waals surface area contributed by atoms with Gasteiger partial charge in [0, 0.05) is 43.8 Å². The van der Waals surface area contributed by atoms with E-state index in [4.69, 9.17) is 14.9 Å². The van der Waals surface area contributed by atoms with Crippen LogP contribution in [0.5, 0.6) is 0 Å².